The normalized spacial score (nSPS) is 10.5. The quantitative estimate of drug-likeness (QED) is 0.869. The van der Waals surface area contributed by atoms with Crippen LogP contribution < -0.4 is 10.6 Å². The summed E-state index contributed by atoms with van der Waals surface area (Å²) in [7, 11) is 1.95. The van der Waals surface area contributed by atoms with Gasteiger partial charge in [0.2, 0.25) is 0 Å². The number of furan rings is 1. The number of aryl methyl sites for hydroxylation is 2. The highest BCUT2D eigenvalue weighted by atomic mass is 32.1. The number of nitrogens with zero attached hydrogens (tertiary/aromatic N) is 2. The molecular formula is C14H17N3OS. The van der Waals surface area contributed by atoms with Crippen LogP contribution >= 0.6 is 12.2 Å². The average molecular weight is 275 g/mol. The number of anilines is 1. The van der Waals surface area contributed by atoms with Crippen LogP contribution in [-0.2, 0) is 6.54 Å². The van der Waals surface area contributed by atoms with Crippen LogP contribution in [0.25, 0.3) is 0 Å². The van der Waals surface area contributed by atoms with E-state index >= 15 is 0 Å². The summed E-state index contributed by atoms with van der Waals surface area (Å²) in [5, 5.41) is 0. The fraction of sp³-hybridized carbons (Fsp3) is 0.286. The van der Waals surface area contributed by atoms with Gasteiger partial charge in [0.1, 0.15) is 22.3 Å². The van der Waals surface area contributed by atoms with Crippen molar-refractivity contribution in [2.75, 3.05) is 11.9 Å². The highest BCUT2D eigenvalue weighted by Crippen LogP contribution is 2.22. The van der Waals surface area contributed by atoms with Gasteiger partial charge in [0.15, 0.2) is 0 Å². The standard InChI is InChI=1S/C14H17N3OS/c1-9-6-7-16-14(12(9)13(15)19)17(3)8-11-5-4-10(2)18-11/h4-7H,8H2,1-3H3,(H2,15,19). The van der Waals surface area contributed by atoms with E-state index in [0.717, 1.165) is 28.5 Å². The van der Waals surface area contributed by atoms with Crippen molar-refractivity contribution in [3.8, 4) is 0 Å². The molecule has 0 fully saturated rings. The van der Waals surface area contributed by atoms with Crippen molar-refractivity contribution in [3.63, 3.8) is 0 Å². The molecule has 100 valence electrons. The van der Waals surface area contributed by atoms with Crippen molar-refractivity contribution in [2.24, 2.45) is 5.73 Å². The Labute approximate surface area is 118 Å². The molecule has 2 aromatic heterocycles. The Balaban J connectivity index is 2.31. The van der Waals surface area contributed by atoms with E-state index in [1.165, 1.54) is 0 Å². The number of hydrogen-bond donors (Lipinski definition) is 1. The predicted molar refractivity (Wildman–Crippen MR) is 80.4 cm³/mol. The third-order valence-electron chi connectivity index (χ3n) is 2.94. The Kier molecular flexibility index (Phi) is 3.85. The van der Waals surface area contributed by atoms with E-state index in [1.54, 1.807) is 6.20 Å². The average Bonchev–Trinajstić information content (AvgIpc) is 2.73. The van der Waals surface area contributed by atoms with Crippen LogP contribution in [0.5, 0.6) is 0 Å². The highest BCUT2D eigenvalue weighted by molar-refractivity contribution is 7.80. The maximum atomic E-state index is 5.79. The first-order valence-corrected chi connectivity index (χ1v) is 6.41. The van der Waals surface area contributed by atoms with Gasteiger partial charge in [0.25, 0.3) is 0 Å². The molecule has 0 aromatic carbocycles. The maximum Gasteiger partial charge on any atom is 0.139 e. The molecule has 2 heterocycles. The first-order chi connectivity index (χ1) is 8.99. The molecule has 19 heavy (non-hydrogen) atoms. The van der Waals surface area contributed by atoms with Crippen molar-refractivity contribution in [1.29, 1.82) is 0 Å². The largest absolute Gasteiger partial charge is 0.464 e. The molecular weight excluding hydrogens is 258 g/mol. The van der Waals surface area contributed by atoms with Crippen molar-refractivity contribution < 1.29 is 4.42 Å². The van der Waals surface area contributed by atoms with Gasteiger partial charge in [0.05, 0.1) is 12.1 Å². The number of pyridine rings is 1. The van der Waals surface area contributed by atoms with Crippen molar-refractivity contribution >= 4 is 23.0 Å². The summed E-state index contributed by atoms with van der Waals surface area (Å²) in [5.41, 5.74) is 7.64. The zero-order chi connectivity index (χ0) is 14.0. The fourth-order valence-electron chi connectivity index (χ4n) is 2.02. The number of thiocarbonyl (C=S) groups is 1. The molecule has 0 unspecified atom stereocenters. The van der Waals surface area contributed by atoms with Crippen LogP contribution in [0, 0.1) is 13.8 Å². The number of hydrogen-bond acceptors (Lipinski definition) is 4. The Hall–Kier alpha value is -1.88. The lowest BCUT2D eigenvalue weighted by Crippen LogP contribution is -2.23. The molecule has 4 nitrogen and oxygen atoms in total. The summed E-state index contributed by atoms with van der Waals surface area (Å²) in [5.74, 6) is 2.56. The third kappa shape index (κ3) is 2.93. The minimum atomic E-state index is 0.364. The van der Waals surface area contributed by atoms with Gasteiger partial charge >= 0.3 is 0 Å². The number of rotatable bonds is 4. The van der Waals surface area contributed by atoms with E-state index in [2.05, 4.69) is 4.98 Å². The van der Waals surface area contributed by atoms with Gasteiger partial charge in [-0.3, -0.25) is 0 Å². The second-order valence-electron chi connectivity index (χ2n) is 4.56. The van der Waals surface area contributed by atoms with E-state index in [4.69, 9.17) is 22.4 Å². The van der Waals surface area contributed by atoms with Crippen LogP contribution in [0.15, 0.2) is 28.8 Å². The van der Waals surface area contributed by atoms with E-state index in [-0.39, 0.29) is 0 Å². The van der Waals surface area contributed by atoms with E-state index in [1.807, 2.05) is 44.0 Å². The molecule has 2 aromatic rings. The second-order valence-corrected chi connectivity index (χ2v) is 5.00. The van der Waals surface area contributed by atoms with Crippen LogP contribution in [0.4, 0.5) is 5.82 Å². The van der Waals surface area contributed by atoms with Gasteiger partial charge in [-0.1, -0.05) is 12.2 Å². The minimum absolute atomic E-state index is 0.364. The zero-order valence-corrected chi connectivity index (χ0v) is 12.1. The van der Waals surface area contributed by atoms with E-state index in [0.29, 0.717) is 11.5 Å². The highest BCUT2D eigenvalue weighted by Gasteiger charge is 2.14. The summed E-state index contributed by atoms with van der Waals surface area (Å²) in [6.45, 7) is 4.53. The van der Waals surface area contributed by atoms with Crippen LogP contribution in [0.1, 0.15) is 22.6 Å². The molecule has 0 radical (unpaired) electrons. The van der Waals surface area contributed by atoms with Gasteiger partial charge in [-0.2, -0.15) is 0 Å². The van der Waals surface area contributed by atoms with Crippen LogP contribution in [-0.4, -0.2) is 17.0 Å². The molecule has 5 heteroatoms. The van der Waals surface area contributed by atoms with Crippen molar-refractivity contribution in [3.05, 3.63) is 47.0 Å². The molecule has 0 spiro atoms. The monoisotopic (exact) mass is 275 g/mol. The lowest BCUT2D eigenvalue weighted by Gasteiger charge is -2.20. The topological polar surface area (TPSA) is 55.3 Å². The predicted octanol–water partition coefficient (Wildman–Crippen LogP) is 2.56. The van der Waals surface area contributed by atoms with Crippen LogP contribution in [0.3, 0.4) is 0 Å². The maximum absolute atomic E-state index is 5.79. The molecule has 0 aliphatic heterocycles. The second kappa shape index (κ2) is 5.40. The van der Waals surface area contributed by atoms with Gasteiger partial charge in [0, 0.05) is 13.2 Å². The lowest BCUT2D eigenvalue weighted by molar-refractivity contribution is 0.481. The van der Waals surface area contributed by atoms with Crippen molar-refractivity contribution in [2.45, 2.75) is 20.4 Å². The first kappa shape index (κ1) is 13.5. The zero-order valence-electron chi connectivity index (χ0n) is 11.3. The molecule has 0 amide bonds. The fourth-order valence-corrected chi connectivity index (χ4v) is 2.27. The Morgan fingerprint density at radius 3 is 2.68 bits per heavy atom. The molecule has 0 bridgehead atoms. The Morgan fingerprint density at radius 2 is 2.11 bits per heavy atom. The third-order valence-corrected chi connectivity index (χ3v) is 3.14. The summed E-state index contributed by atoms with van der Waals surface area (Å²) in [6, 6.07) is 5.81. The van der Waals surface area contributed by atoms with Crippen LogP contribution in [0.2, 0.25) is 0 Å². The number of nitrogens with two attached hydrogens (primary N) is 1. The van der Waals surface area contributed by atoms with E-state index in [9.17, 15) is 0 Å². The smallest absolute Gasteiger partial charge is 0.139 e. The van der Waals surface area contributed by atoms with Crippen molar-refractivity contribution in [1.82, 2.24) is 4.98 Å². The minimum Gasteiger partial charge on any atom is -0.464 e. The SMILES string of the molecule is Cc1ccc(CN(C)c2nccc(C)c2C(N)=S)o1. The lowest BCUT2D eigenvalue weighted by atomic mass is 10.1. The van der Waals surface area contributed by atoms with E-state index < -0.39 is 0 Å². The molecule has 0 aliphatic rings. The summed E-state index contributed by atoms with van der Waals surface area (Å²) in [6.07, 6.45) is 1.76. The molecule has 0 saturated heterocycles. The van der Waals surface area contributed by atoms with Gasteiger partial charge < -0.3 is 15.1 Å². The first-order valence-electron chi connectivity index (χ1n) is 6.01. The number of aromatic nitrogens is 1. The molecule has 0 saturated carbocycles. The summed E-state index contributed by atoms with van der Waals surface area (Å²) >= 11 is 5.11. The Morgan fingerprint density at radius 1 is 1.37 bits per heavy atom. The summed E-state index contributed by atoms with van der Waals surface area (Å²) in [4.78, 5) is 6.73. The molecule has 0 atom stereocenters. The van der Waals surface area contributed by atoms with Gasteiger partial charge in [-0.15, -0.1) is 0 Å². The molecule has 2 N–H and O–H groups in total. The Bertz CT molecular complexity index is 606. The van der Waals surface area contributed by atoms with Gasteiger partial charge in [-0.05, 0) is 37.6 Å². The molecule has 2 rings (SSSR count). The summed E-state index contributed by atoms with van der Waals surface area (Å²) < 4.78 is 5.57. The van der Waals surface area contributed by atoms with Gasteiger partial charge in [-0.25, -0.2) is 4.98 Å². The molecule has 0 aliphatic carbocycles.